The molecule has 8 heteroatoms. The Kier molecular flexibility index (Phi) is 3.80. The van der Waals surface area contributed by atoms with E-state index in [2.05, 4.69) is 10.3 Å². The van der Waals surface area contributed by atoms with E-state index in [9.17, 15) is 18.0 Å². The lowest BCUT2D eigenvalue weighted by Crippen LogP contribution is -2.05. The lowest BCUT2D eigenvalue weighted by molar-refractivity contribution is 0.0691. The van der Waals surface area contributed by atoms with Gasteiger partial charge in [-0.3, -0.25) is 0 Å². The number of aromatic nitrogens is 1. The molecule has 0 aliphatic carbocycles. The molecule has 0 saturated heterocycles. The lowest BCUT2D eigenvalue weighted by Gasteiger charge is -2.08. The Labute approximate surface area is 115 Å². The molecule has 20 heavy (non-hydrogen) atoms. The number of anilines is 2. The third kappa shape index (κ3) is 2.83. The van der Waals surface area contributed by atoms with Crippen LogP contribution in [0.2, 0.25) is 5.02 Å². The second-order valence-corrected chi connectivity index (χ2v) is 4.11. The van der Waals surface area contributed by atoms with E-state index in [4.69, 9.17) is 16.7 Å². The number of carboxylic acid groups (broad SMARTS) is 1. The van der Waals surface area contributed by atoms with Gasteiger partial charge in [-0.1, -0.05) is 11.6 Å². The molecule has 1 aromatic heterocycles. The minimum Gasteiger partial charge on any atom is -0.476 e. The molecule has 2 N–H and O–H groups in total. The molecule has 104 valence electrons. The van der Waals surface area contributed by atoms with Crippen LogP contribution in [0.15, 0.2) is 24.3 Å². The highest BCUT2D eigenvalue weighted by atomic mass is 35.5. The maximum Gasteiger partial charge on any atom is 0.356 e. The third-order valence-electron chi connectivity index (χ3n) is 2.32. The minimum atomic E-state index is -1.37. The van der Waals surface area contributed by atoms with Crippen LogP contribution in [0.5, 0.6) is 0 Å². The fourth-order valence-electron chi connectivity index (χ4n) is 1.42. The predicted molar refractivity (Wildman–Crippen MR) is 65.8 cm³/mol. The van der Waals surface area contributed by atoms with E-state index in [0.717, 1.165) is 0 Å². The van der Waals surface area contributed by atoms with Gasteiger partial charge in [-0.2, -0.15) is 0 Å². The van der Waals surface area contributed by atoms with Crippen LogP contribution in [0.3, 0.4) is 0 Å². The summed E-state index contributed by atoms with van der Waals surface area (Å²) in [6.07, 6.45) is 0. The molecule has 0 bridgehead atoms. The van der Waals surface area contributed by atoms with E-state index in [1.165, 1.54) is 12.1 Å². The summed E-state index contributed by atoms with van der Waals surface area (Å²) in [7, 11) is 0. The Balaban J connectivity index is 2.38. The van der Waals surface area contributed by atoms with Crippen LogP contribution in [-0.4, -0.2) is 16.1 Å². The summed E-state index contributed by atoms with van der Waals surface area (Å²) < 4.78 is 39.2. The largest absolute Gasteiger partial charge is 0.476 e. The van der Waals surface area contributed by atoms with Gasteiger partial charge in [0.1, 0.15) is 11.6 Å². The van der Waals surface area contributed by atoms with Crippen molar-refractivity contribution in [1.82, 2.24) is 4.98 Å². The zero-order chi connectivity index (χ0) is 14.9. The first kappa shape index (κ1) is 14.1. The number of carboxylic acids is 1. The summed E-state index contributed by atoms with van der Waals surface area (Å²) >= 11 is 5.62. The molecule has 0 atom stereocenters. The third-order valence-corrected chi connectivity index (χ3v) is 2.63. The molecule has 1 heterocycles. The van der Waals surface area contributed by atoms with Gasteiger partial charge >= 0.3 is 5.97 Å². The molecular weight excluding hydrogens is 297 g/mol. The van der Waals surface area contributed by atoms with Crippen LogP contribution in [0.4, 0.5) is 24.7 Å². The van der Waals surface area contributed by atoms with Crippen molar-refractivity contribution in [3.63, 3.8) is 0 Å². The van der Waals surface area contributed by atoms with Gasteiger partial charge in [0.25, 0.3) is 0 Å². The van der Waals surface area contributed by atoms with Crippen molar-refractivity contribution >= 4 is 29.1 Å². The molecule has 0 aliphatic heterocycles. The number of nitrogens with zero attached hydrogens (tertiary/aromatic N) is 1. The maximum atomic E-state index is 13.4. The average molecular weight is 303 g/mol. The van der Waals surface area contributed by atoms with E-state index in [0.29, 0.717) is 12.1 Å². The molecule has 0 saturated carbocycles. The minimum absolute atomic E-state index is 0.0725. The van der Waals surface area contributed by atoms with E-state index in [1.807, 2.05) is 0 Å². The average Bonchev–Trinajstić information content (AvgIpc) is 2.37. The summed E-state index contributed by atoms with van der Waals surface area (Å²) in [5.74, 6) is -5.07. The number of pyridine rings is 1. The first-order valence-corrected chi connectivity index (χ1v) is 5.57. The first-order valence-electron chi connectivity index (χ1n) is 5.20. The zero-order valence-electron chi connectivity index (χ0n) is 9.62. The van der Waals surface area contributed by atoms with Crippen molar-refractivity contribution < 1.29 is 23.1 Å². The molecule has 0 aliphatic rings. The van der Waals surface area contributed by atoms with Crippen molar-refractivity contribution in [2.75, 3.05) is 5.32 Å². The number of nitrogens with one attached hydrogen (secondary N) is 1. The monoisotopic (exact) mass is 302 g/mol. The van der Waals surface area contributed by atoms with Crippen molar-refractivity contribution in [3.8, 4) is 0 Å². The van der Waals surface area contributed by atoms with Crippen molar-refractivity contribution in [2.45, 2.75) is 0 Å². The Bertz CT molecular complexity index is 695. The molecule has 0 amide bonds. The van der Waals surface area contributed by atoms with Gasteiger partial charge in [-0.25, -0.2) is 22.9 Å². The smallest absolute Gasteiger partial charge is 0.356 e. The van der Waals surface area contributed by atoms with E-state index >= 15 is 0 Å². The van der Waals surface area contributed by atoms with Gasteiger partial charge in [0.15, 0.2) is 17.3 Å². The molecule has 0 fully saturated rings. The topological polar surface area (TPSA) is 62.2 Å². The Morgan fingerprint density at radius 3 is 2.45 bits per heavy atom. The van der Waals surface area contributed by atoms with Crippen LogP contribution in [0, 0.1) is 17.5 Å². The summed E-state index contributed by atoms with van der Waals surface area (Å²) in [5, 5.41) is 11.1. The SMILES string of the molecule is O=C(O)c1nc(Nc2cc(F)c(F)cc2F)ccc1Cl. The quantitative estimate of drug-likeness (QED) is 0.851. The maximum absolute atomic E-state index is 13.4. The number of halogens is 4. The van der Waals surface area contributed by atoms with Gasteiger partial charge in [0.2, 0.25) is 0 Å². The van der Waals surface area contributed by atoms with E-state index in [1.54, 1.807) is 0 Å². The van der Waals surface area contributed by atoms with Crippen LogP contribution in [0.25, 0.3) is 0 Å². The van der Waals surface area contributed by atoms with E-state index < -0.39 is 29.1 Å². The predicted octanol–water partition coefficient (Wildman–Crippen LogP) is 3.59. The van der Waals surface area contributed by atoms with Gasteiger partial charge in [-0.15, -0.1) is 0 Å². The number of hydrogen-bond donors (Lipinski definition) is 2. The highest BCUT2D eigenvalue weighted by Gasteiger charge is 2.14. The highest BCUT2D eigenvalue weighted by molar-refractivity contribution is 6.33. The molecule has 2 rings (SSSR count). The Morgan fingerprint density at radius 2 is 1.80 bits per heavy atom. The van der Waals surface area contributed by atoms with Gasteiger partial charge in [-0.05, 0) is 12.1 Å². The number of carbonyl (C=O) groups is 1. The van der Waals surface area contributed by atoms with Crippen LogP contribution in [0.1, 0.15) is 10.5 Å². The molecule has 1 aromatic carbocycles. The van der Waals surface area contributed by atoms with E-state index in [-0.39, 0.29) is 16.5 Å². The molecule has 4 nitrogen and oxygen atoms in total. The normalized spacial score (nSPS) is 10.4. The molecule has 0 radical (unpaired) electrons. The summed E-state index contributed by atoms with van der Waals surface area (Å²) in [6, 6.07) is 3.47. The zero-order valence-corrected chi connectivity index (χ0v) is 10.4. The van der Waals surface area contributed by atoms with Gasteiger partial charge in [0, 0.05) is 12.1 Å². The van der Waals surface area contributed by atoms with Crippen molar-refractivity contribution in [3.05, 3.63) is 52.4 Å². The van der Waals surface area contributed by atoms with Gasteiger partial charge in [0.05, 0.1) is 10.7 Å². The first-order chi connectivity index (χ1) is 9.38. The highest BCUT2D eigenvalue weighted by Crippen LogP contribution is 2.23. The number of benzene rings is 1. The molecule has 0 spiro atoms. The van der Waals surface area contributed by atoms with Crippen LogP contribution >= 0.6 is 11.6 Å². The second-order valence-electron chi connectivity index (χ2n) is 3.70. The van der Waals surface area contributed by atoms with Crippen LogP contribution in [-0.2, 0) is 0 Å². The van der Waals surface area contributed by atoms with Crippen LogP contribution < -0.4 is 5.32 Å². The summed E-state index contributed by atoms with van der Waals surface area (Å²) in [5.41, 5.74) is -0.824. The van der Waals surface area contributed by atoms with Crippen molar-refractivity contribution in [2.24, 2.45) is 0 Å². The number of aromatic carboxylic acids is 1. The number of rotatable bonds is 3. The lowest BCUT2D eigenvalue weighted by atomic mass is 10.2. The fraction of sp³-hybridized carbons (Fsp3) is 0. The fourth-order valence-corrected chi connectivity index (χ4v) is 1.60. The Morgan fingerprint density at radius 1 is 1.15 bits per heavy atom. The standard InChI is InChI=1S/C12H6ClF3N2O2/c13-5-1-2-10(18-11(5)12(19)20)17-9-4-7(15)6(14)3-8(9)16/h1-4H,(H,17,18)(H,19,20). The Hall–Kier alpha value is -2.28. The number of hydrogen-bond acceptors (Lipinski definition) is 3. The van der Waals surface area contributed by atoms with Crippen molar-refractivity contribution in [1.29, 1.82) is 0 Å². The summed E-state index contributed by atoms with van der Waals surface area (Å²) in [4.78, 5) is 14.5. The second kappa shape index (κ2) is 5.38. The summed E-state index contributed by atoms with van der Waals surface area (Å²) in [6.45, 7) is 0. The molecular formula is C12H6ClF3N2O2. The molecule has 0 unspecified atom stereocenters. The molecule has 2 aromatic rings. The van der Waals surface area contributed by atoms with Gasteiger partial charge < -0.3 is 10.4 Å².